The largest absolute Gasteiger partial charge is 0.370 e. The van der Waals surface area contributed by atoms with Crippen molar-refractivity contribution in [3.05, 3.63) is 107 Å². The lowest BCUT2D eigenvalue weighted by atomic mass is 9.88. The fourth-order valence-corrected chi connectivity index (χ4v) is 4.45. The predicted octanol–water partition coefficient (Wildman–Crippen LogP) is 5.05. The zero-order valence-electron chi connectivity index (χ0n) is 19.3. The summed E-state index contributed by atoms with van der Waals surface area (Å²) in [6, 6.07) is 21.3. The lowest BCUT2D eigenvalue weighted by molar-refractivity contribution is 0.539. The van der Waals surface area contributed by atoms with Gasteiger partial charge in [-0.3, -0.25) is 9.55 Å². The van der Waals surface area contributed by atoms with E-state index in [1.54, 1.807) is 6.20 Å². The van der Waals surface area contributed by atoms with Crippen molar-refractivity contribution in [2.24, 2.45) is 0 Å². The van der Waals surface area contributed by atoms with Crippen molar-refractivity contribution >= 4 is 5.82 Å². The Hall–Kier alpha value is -3.54. The molecule has 4 aromatic rings. The van der Waals surface area contributed by atoms with Gasteiger partial charge < -0.3 is 9.88 Å². The van der Waals surface area contributed by atoms with Gasteiger partial charge in [0.15, 0.2) is 0 Å². The van der Waals surface area contributed by atoms with Gasteiger partial charge in [-0.25, -0.2) is 9.78 Å². The molecule has 0 aliphatic carbocycles. The molecule has 6 heteroatoms. The summed E-state index contributed by atoms with van der Waals surface area (Å²) in [6.45, 7) is 4.47. The number of anilines is 1. The predicted molar refractivity (Wildman–Crippen MR) is 134 cm³/mol. The van der Waals surface area contributed by atoms with Crippen LogP contribution in [0.2, 0.25) is 0 Å². The van der Waals surface area contributed by atoms with E-state index in [4.69, 9.17) is 0 Å². The molecule has 0 fully saturated rings. The second-order valence-corrected chi connectivity index (χ2v) is 8.40. The molecule has 2 N–H and O–H groups in total. The number of aryl methyl sites for hydroxylation is 1. The lowest BCUT2D eigenvalue weighted by Gasteiger charge is -2.19. The summed E-state index contributed by atoms with van der Waals surface area (Å²) < 4.78 is 3.94. The molecule has 2 aromatic heterocycles. The summed E-state index contributed by atoms with van der Waals surface area (Å²) in [5.41, 5.74) is 3.66. The summed E-state index contributed by atoms with van der Waals surface area (Å²) in [6.07, 6.45) is 9.23. The molecule has 0 saturated heterocycles. The fraction of sp³-hybridized carbons (Fsp3) is 0.333. The molecule has 0 aliphatic heterocycles. The molecule has 172 valence electrons. The maximum Gasteiger partial charge on any atom is 0.327 e. The van der Waals surface area contributed by atoms with Gasteiger partial charge >= 0.3 is 5.69 Å². The Kier molecular flexibility index (Phi) is 7.80. The zero-order valence-corrected chi connectivity index (χ0v) is 19.3. The van der Waals surface area contributed by atoms with Crippen LogP contribution >= 0.6 is 0 Å². The van der Waals surface area contributed by atoms with E-state index in [9.17, 15) is 4.79 Å². The van der Waals surface area contributed by atoms with Gasteiger partial charge in [0.2, 0.25) is 0 Å². The summed E-state index contributed by atoms with van der Waals surface area (Å²) in [7, 11) is 0. The summed E-state index contributed by atoms with van der Waals surface area (Å²) >= 11 is 0. The minimum absolute atomic E-state index is 0.0331. The van der Waals surface area contributed by atoms with Gasteiger partial charge in [0.1, 0.15) is 5.82 Å². The summed E-state index contributed by atoms with van der Waals surface area (Å²) in [4.78, 5) is 19.9. The highest BCUT2D eigenvalue weighted by atomic mass is 16.1. The van der Waals surface area contributed by atoms with E-state index in [1.807, 2.05) is 21.7 Å². The van der Waals surface area contributed by atoms with Gasteiger partial charge in [0.25, 0.3) is 0 Å². The van der Waals surface area contributed by atoms with E-state index in [-0.39, 0.29) is 5.69 Å². The first kappa shape index (κ1) is 22.6. The number of benzene rings is 2. The van der Waals surface area contributed by atoms with Crippen molar-refractivity contribution in [2.75, 3.05) is 11.9 Å². The molecule has 0 bridgehead atoms. The number of H-pyrrole nitrogens is 1. The third kappa shape index (κ3) is 5.83. The standard InChI is InChI=1S/C27H33N5O/c1-2-10-25-26(30-27(33)32(25)19-9-18-31-20-17-28-21-31)29-16-15-24(22-11-5-3-6-12-22)23-13-7-4-8-14-23/h3-8,11-14,17,20-21,24,29H,2,9-10,15-16,18-19H2,1H3,(H,30,33). The van der Waals surface area contributed by atoms with Crippen molar-refractivity contribution in [1.29, 1.82) is 0 Å². The maximum atomic E-state index is 12.7. The summed E-state index contributed by atoms with van der Waals surface area (Å²) in [5, 5.41) is 3.54. The maximum absolute atomic E-state index is 12.7. The van der Waals surface area contributed by atoms with E-state index in [0.29, 0.717) is 12.5 Å². The number of imidazole rings is 2. The molecule has 0 atom stereocenters. The van der Waals surface area contributed by atoms with E-state index in [2.05, 4.69) is 82.9 Å². The van der Waals surface area contributed by atoms with Crippen molar-refractivity contribution in [1.82, 2.24) is 19.1 Å². The molecular formula is C27H33N5O. The van der Waals surface area contributed by atoms with Crippen LogP contribution in [0, 0.1) is 0 Å². The first-order valence-electron chi connectivity index (χ1n) is 11.9. The van der Waals surface area contributed by atoms with Crippen molar-refractivity contribution in [3.63, 3.8) is 0 Å². The topological polar surface area (TPSA) is 67.6 Å². The molecule has 0 aliphatic rings. The highest BCUT2D eigenvalue weighted by Crippen LogP contribution is 2.28. The molecule has 2 aromatic carbocycles. The first-order chi connectivity index (χ1) is 16.3. The second-order valence-electron chi connectivity index (χ2n) is 8.40. The third-order valence-electron chi connectivity index (χ3n) is 6.07. The van der Waals surface area contributed by atoms with Crippen LogP contribution in [0.4, 0.5) is 5.82 Å². The van der Waals surface area contributed by atoms with Crippen molar-refractivity contribution < 1.29 is 0 Å². The smallest absolute Gasteiger partial charge is 0.327 e. The quantitative estimate of drug-likeness (QED) is 0.322. The van der Waals surface area contributed by atoms with Crippen LogP contribution in [0.3, 0.4) is 0 Å². The van der Waals surface area contributed by atoms with E-state index in [0.717, 1.165) is 50.3 Å². The van der Waals surface area contributed by atoms with E-state index >= 15 is 0 Å². The van der Waals surface area contributed by atoms with Gasteiger partial charge in [-0.2, -0.15) is 0 Å². The third-order valence-corrected chi connectivity index (χ3v) is 6.07. The average Bonchev–Trinajstić information content (AvgIpc) is 3.47. The van der Waals surface area contributed by atoms with Gasteiger partial charge in [0, 0.05) is 37.9 Å². The van der Waals surface area contributed by atoms with E-state index in [1.165, 1.54) is 11.1 Å². The molecule has 2 heterocycles. The normalized spacial score (nSPS) is 11.2. The van der Waals surface area contributed by atoms with E-state index < -0.39 is 0 Å². The Labute approximate surface area is 195 Å². The number of hydrogen-bond donors (Lipinski definition) is 2. The first-order valence-corrected chi connectivity index (χ1v) is 11.9. The number of aromatic nitrogens is 4. The Balaban J connectivity index is 1.44. The van der Waals surface area contributed by atoms with Gasteiger partial charge in [-0.05, 0) is 30.4 Å². The Morgan fingerprint density at radius 1 is 1.00 bits per heavy atom. The SMILES string of the molecule is CCCc1c(NCCC(c2ccccc2)c2ccccc2)[nH]c(=O)n1CCCn1ccnc1. The van der Waals surface area contributed by atoms with Gasteiger partial charge in [-0.15, -0.1) is 0 Å². The summed E-state index contributed by atoms with van der Waals surface area (Å²) in [5.74, 6) is 1.17. The second kappa shape index (κ2) is 11.4. The Morgan fingerprint density at radius 2 is 1.70 bits per heavy atom. The Bertz CT molecular complexity index is 1110. The molecule has 0 spiro atoms. The molecule has 0 amide bonds. The zero-order chi connectivity index (χ0) is 22.9. The molecule has 4 rings (SSSR count). The monoisotopic (exact) mass is 443 g/mol. The van der Waals surface area contributed by atoms with Crippen LogP contribution in [-0.4, -0.2) is 25.6 Å². The highest BCUT2D eigenvalue weighted by Gasteiger charge is 2.16. The molecule has 33 heavy (non-hydrogen) atoms. The van der Waals surface area contributed by atoms with Crippen LogP contribution in [0.5, 0.6) is 0 Å². The number of rotatable bonds is 12. The molecular weight excluding hydrogens is 410 g/mol. The molecule has 0 unspecified atom stereocenters. The van der Waals surface area contributed by atoms with Gasteiger partial charge in [0.05, 0.1) is 12.0 Å². The van der Waals surface area contributed by atoms with Crippen LogP contribution in [-0.2, 0) is 19.5 Å². The minimum Gasteiger partial charge on any atom is -0.370 e. The highest BCUT2D eigenvalue weighted by molar-refractivity contribution is 5.41. The minimum atomic E-state index is -0.0331. The molecule has 0 saturated carbocycles. The van der Waals surface area contributed by atoms with Crippen molar-refractivity contribution in [3.8, 4) is 0 Å². The number of nitrogens with one attached hydrogen (secondary N) is 2. The lowest BCUT2D eigenvalue weighted by Crippen LogP contribution is -2.19. The van der Waals surface area contributed by atoms with Crippen LogP contribution in [0.25, 0.3) is 0 Å². The average molecular weight is 444 g/mol. The van der Waals surface area contributed by atoms with Crippen LogP contribution < -0.4 is 11.0 Å². The van der Waals surface area contributed by atoms with Crippen LogP contribution in [0.15, 0.2) is 84.2 Å². The van der Waals surface area contributed by atoms with Crippen molar-refractivity contribution in [2.45, 2.75) is 51.6 Å². The van der Waals surface area contributed by atoms with Gasteiger partial charge in [-0.1, -0.05) is 74.0 Å². The Morgan fingerprint density at radius 3 is 2.30 bits per heavy atom. The number of nitrogens with zero attached hydrogens (tertiary/aromatic N) is 3. The number of aromatic amines is 1. The fourth-order valence-electron chi connectivity index (χ4n) is 4.45. The molecule has 6 nitrogen and oxygen atoms in total. The van der Waals surface area contributed by atoms with Crippen LogP contribution in [0.1, 0.15) is 48.9 Å². The molecule has 0 radical (unpaired) electrons. The number of hydrogen-bond acceptors (Lipinski definition) is 3.